The normalized spacial score (nSPS) is 23.2. The van der Waals surface area contributed by atoms with Gasteiger partial charge in [-0.15, -0.1) is 10.2 Å². The number of ether oxygens (including phenoxy) is 1. The summed E-state index contributed by atoms with van der Waals surface area (Å²) >= 11 is 1.05. The molecule has 0 saturated carbocycles. The number of rotatable bonds is 7. The second-order valence-electron chi connectivity index (χ2n) is 6.41. The van der Waals surface area contributed by atoms with E-state index in [1.165, 1.54) is 12.1 Å². The summed E-state index contributed by atoms with van der Waals surface area (Å²) in [5.74, 6) is -1.00. The van der Waals surface area contributed by atoms with E-state index in [1.54, 1.807) is 30.5 Å². The van der Waals surface area contributed by atoms with E-state index in [0.717, 1.165) is 30.0 Å². The molecule has 1 aliphatic rings. The number of carbonyl (C=O) groups is 1. The van der Waals surface area contributed by atoms with Crippen LogP contribution in [-0.2, 0) is 15.1 Å². The monoisotopic (exact) mass is 415 g/mol. The topological polar surface area (TPSA) is 114 Å². The minimum absolute atomic E-state index is 0.0696. The van der Waals surface area contributed by atoms with Crippen LogP contribution in [0.4, 0.5) is 10.3 Å². The molecule has 0 aliphatic carbocycles. The molecule has 1 aromatic carbocycles. The lowest BCUT2D eigenvalue weighted by atomic mass is 9.94. The second kappa shape index (κ2) is 8.60. The molecule has 0 spiro atoms. The maximum absolute atomic E-state index is 13.0. The molecule has 3 heterocycles. The summed E-state index contributed by atoms with van der Waals surface area (Å²) in [5.41, 5.74) is 0.277. The van der Waals surface area contributed by atoms with E-state index in [-0.39, 0.29) is 10.7 Å². The molecule has 29 heavy (non-hydrogen) atoms. The number of nitrogens with one attached hydrogen (secondary N) is 3. The number of benzene rings is 1. The van der Waals surface area contributed by atoms with Crippen LogP contribution in [0, 0.1) is 0 Å². The first-order valence-electron chi connectivity index (χ1n) is 10.9. The highest BCUT2D eigenvalue weighted by molar-refractivity contribution is 7.19. The van der Waals surface area contributed by atoms with Crippen molar-refractivity contribution in [3.63, 3.8) is 0 Å². The van der Waals surface area contributed by atoms with Crippen molar-refractivity contribution in [3.05, 3.63) is 59.9 Å². The molecule has 0 bridgehead atoms. The average molecular weight is 416 g/mol. The molecule has 0 radical (unpaired) electrons. The third kappa shape index (κ3) is 4.24. The maximum Gasteiger partial charge on any atom is 0.259 e. The van der Waals surface area contributed by atoms with Gasteiger partial charge in [0.05, 0.1) is 16.7 Å². The Kier molecular flexibility index (Phi) is 4.44. The fourth-order valence-corrected chi connectivity index (χ4v) is 3.88. The van der Waals surface area contributed by atoms with Gasteiger partial charge in [0, 0.05) is 19.8 Å². The number of hydrogen-bond donors (Lipinski definition) is 3. The van der Waals surface area contributed by atoms with Crippen LogP contribution < -0.4 is 16.0 Å². The molecular weight excluding hydrogens is 390 g/mol. The van der Waals surface area contributed by atoms with Crippen molar-refractivity contribution >= 4 is 27.5 Å². The van der Waals surface area contributed by atoms with Crippen LogP contribution in [0.25, 0.3) is 0 Å². The van der Waals surface area contributed by atoms with Gasteiger partial charge in [-0.3, -0.25) is 10.1 Å². The van der Waals surface area contributed by atoms with E-state index < -0.39 is 24.6 Å². The van der Waals surface area contributed by atoms with Gasteiger partial charge < -0.3 is 15.4 Å². The maximum atomic E-state index is 13.0. The van der Waals surface area contributed by atoms with Crippen molar-refractivity contribution < 1.29 is 15.0 Å². The van der Waals surface area contributed by atoms with Crippen molar-refractivity contribution in [1.82, 2.24) is 25.7 Å². The fraction of sp³-hybridized carbons (Fsp3) is 0.316. The highest BCUT2D eigenvalue weighted by Gasteiger charge is 2.38. The van der Waals surface area contributed by atoms with Crippen LogP contribution in [0.15, 0.2) is 48.7 Å². The van der Waals surface area contributed by atoms with Crippen molar-refractivity contribution in [2.75, 3.05) is 30.8 Å². The predicted octanol–water partition coefficient (Wildman–Crippen LogP) is 1.96. The van der Waals surface area contributed by atoms with E-state index in [0.29, 0.717) is 11.7 Å². The molecule has 1 aliphatic heterocycles. The Bertz CT molecular complexity index is 1090. The van der Waals surface area contributed by atoms with Crippen LogP contribution in [0.1, 0.15) is 29.2 Å². The van der Waals surface area contributed by atoms with Gasteiger partial charge >= 0.3 is 0 Å². The van der Waals surface area contributed by atoms with Crippen LogP contribution in [-0.4, -0.2) is 46.4 Å². The molecule has 1 fully saturated rings. The van der Waals surface area contributed by atoms with Gasteiger partial charge in [0.25, 0.3) is 5.91 Å². The summed E-state index contributed by atoms with van der Waals surface area (Å²) in [7, 11) is -2.97. The highest BCUT2D eigenvalue weighted by atomic mass is 32.1. The van der Waals surface area contributed by atoms with Gasteiger partial charge in [0.15, 0.2) is 6.08 Å². The number of amides is 1. The second-order valence-corrected chi connectivity index (χ2v) is 7.38. The summed E-state index contributed by atoms with van der Waals surface area (Å²) in [6.45, 7) is 1.38. The number of aromatic nitrogens is 4. The molecule has 4 rings (SSSR count). The first-order chi connectivity index (χ1) is 15.7. The minimum atomic E-state index is -2.97. The highest BCUT2D eigenvalue weighted by Crippen LogP contribution is 2.33. The first kappa shape index (κ1) is 15.0. The summed E-state index contributed by atoms with van der Waals surface area (Å²) in [5, 5.41) is 25.8. The lowest BCUT2D eigenvalue weighted by Gasteiger charge is -2.27. The first-order valence-corrected chi connectivity index (χ1v) is 9.70. The zero-order valence-electron chi connectivity index (χ0n) is 19.3. The van der Waals surface area contributed by atoms with E-state index in [1.807, 2.05) is 6.07 Å². The SMILES string of the molecule is [2H]C([2H])([2H])O[C@]([2H])(C(=O)Nc1nnc(NC2(c3cccnn3)CCNC2)s1)c1ccccc1. The van der Waals surface area contributed by atoms with E-state index in [4.69, 9.17) is 10.2 Å². The smallest absolute Gasteiger partial charge is 0.259 e. The van der Waals surface area contributed by atoms with Gasteiger partial charge in [-0.25, -0.2) is 0 Å². The molecule has 1 saturated heterocycles. The molecule has 2 atom stereocenters. The van der Waals surface area contributed by atoms with Crippen molar-refractivity contribution in [2.24, 2.45) is 0 Å². The zero-order chi connectivity index (χ0) is 23.5. The number of methoxy groups -OCH3 is 1. The summed E-state index contributed by atoms with van der Waals surface area (Å²) in [6.07, 6.45) is -0.176. The molecular formula is C19H21N7O2S. The quantitative estimate of drug-likeness (QED) is 0.537. The molecule has 9 nitrogen and oxygen atoms in total. The van der Waals surface area contributed by atoms with Crippen molar-refractivity contribution in [1.29, 1.82) is 0 Å². The van der Waals surface area contributed by atoms with Gasteiger partial charge in [0.1, 0.15) is 0 Å². The Morgan fingerprint density at radius 3 is 2.86 bits per heavy atom. The van der Waals surface area contributed by atoms with Gasteiger partial charge in [-0.2, -0.15) is 10.2 Å². The molecule has 2 aromatic heterocycles. The number of anilines is 2. The van der Waals surface area contributed by atoms with Crippen LogP contribution in [0.5, 0.6) is 0 Å². The van der Waals surface area contributed by atoms with Gasteiger partial charge in [-0.1, -0.05) is 41.7 Å². The van der Waals surface area contributed by atoms with Crippen molar-refractivity contribution in [2.45, 2.75) is 18.0 Å². The predicted molar refractivity (Wildman–Crippen MR) is 110 cm³/mol. The average Bonchev–Trinajstić information content (AvgIpc) is 3.44. The largest absolute Gasteiger partial charge is 0.367 e. The van der Waals surface area contributed by atoms with Crippen LogP contribution in [0.2, 0.25) is 0 Å². The van der Waals surface area contributed by atoms with Gasteiger partial charge in [-0.05, 0) is 30.7 Å². The molecule has 3 N–H and O–H groups in total. The Balaban J connectivity index is 1.54. The van der Waals surface area contributed by atoms with Crippen molar-refractivity contribution in [3.8, 4) is 0 Å². The molecule has 1 amide bonds. The Morgan fingerprint density at radius 1 is 1.28 bits per heavy atom. The van der Waals surface area contributed by atoms with Crippen LogP contribution in [0.3, 0.4) is 0 Å². The van der Waals surface area contributed by atoms with Crippen LogP contribution >= 0.6 is 11.3 Å². The molecule has 150 valence electrons. The lowest BCUT2D eigenvalue weighted by molar-refractivity contribution is -0.126. The number of carbonyl (C=O) groups excluding carboxylic acids is 1. The summed E-state index contributed by atoms with van der Waals surface area (Å²) in [6, 6.07) is 11.4. The Labute approximate surface area is 177 Å². The number of hydrogen-bond acceptors (Lipinski definition) is 9. The zero-order valence-corrected chi connectivity index (χ0v) is 16.1. The molecule has 10 heteroatoms. The van der Waals surface area contributed by atoms with E-state index in [2.05, 4.69) is 36.3 Å². The Morgan fingerprint density at radius 2 is 2.14 bits per heavy atom. The third-order valence-corrected chi connectivity index (χ3v) is 5.31. The van der Waals surface area contributed by atoms with E-state index >= 15 is 0 Å². The van der Waals surface area contributed by atoms with Gasteiger partial charge in [0.2, 0.25) is 10.3 Å². The lowest BCUT2D eigenvalue weighted by Crippen LogP contribution is -2.38. The summed E-state index contributed by atoms with van der Waals surface area (Å²) < 4.78 is 35.6. The minimum Gasteiger partial charge on any atom is -0.367 e. The fourth-order valence-electron chi connectivity index (χ4n) is 3.15. The number of nitrogens with zero attached hydrogens (tertiary/aromatic N) is 4. The molecule has 3 aromatic rings. The summed E-state index contributed by atoms with van der Waals surface area (Å²) in [4.78, 5) is 13.0. The molecule has 1 unspecified atom stereocenters. The van der Waals surface area contributed by atoms with E-state index in [9.17, 15) is 4.79 Å². The Hall–Kier alpha value is -2.95. The third-order valence-electron chi connectivity index (χ3n) is 4.55. The standard InChI is InChI=1S/C19H21N7O2S/c1-28-15(13-6-3-2-4-7-13)16(27)22-17-25-26-18(29-17)23-19(9-11-20-12-19)14-8-5-10-21-24-14/h2-8,10,15,20H,9,11-12H2,1H3,(H,23,26)(H,22,25,27)/t15-,19?/m0/s1/i1D3,15D.